The van der Waals surface area contributed by atoms with Crippen LogP contribution in [-0.2, 0) is 6.42 Å². The summed E-state index contributed by atoms with van der Waals surface area (Å²) in [7, 11) is 0. The van der Waals surface area contributed by atoms with Gasteiger partial charge in [0.15, 0.2) is 0 Å². The van der Waals surface area contributed by atoms with Crippen LogP contribution in [0.5, 0.6) is 0 Å². The molecule has 2 N–H and O–H groups in total. The van der Waals surface area contributed by atoms with Crippen LogP contribution in [0.25, 0.3) is 10.4 Å². The molecule has 3 rings (SSSR count). The van der Waals surface area contributed by atoms with Crippen molar-refractivity contribution in [3.8, 4) is 10.4 Å². The van der Waals surface area contributed by atoms with Gasteiger partial charge in [-0.05, 0) is 37.6 Å². The molecule has 1 saturated carbocycles. The SMILES string of the molecule is CCc1c(-c2cccs2)c(C(N)=O)c(C)n1C1CC1. The Bertz CT molecular complexity index is 621. The van der Waals surface area contributed by atoms with Crippen LogP contribution in [0.3, 0.4) is 0 Å². The number of rotatable bonds is 4. The van der Waals surface area contributed by atoms with Gasteiger partial charge in [-0.25, -0.2) is 0 Å². The zero-order chi connectivity index (χ0) is 13.6. The fraction of sp³-hybridized carbons (Fsp3) is 0.400. The minimum Gasteiger partial charge on any atom is -0.366 e. The molecule has 2 heterocycles. The maximum Gasteiger partial charge on any atom is 0.251 e. The summed E-state index contributed by atoms with van der Waals surface area (Å²) in [6.45, 7) is 4.17. The van der Waals surface area contributed by atoms with Crippen LogP contribution >= 0.6 is 11.3 Å². The predicted molar refractivity (Wildman–Crippen MR) is 78.6 cm³/mol. The molecule has 0 aliphatic heterocycles. The number of carbonyl (C=O) groups is 1. The molecule has 0 atom stereocenters. The van der Waals surface area contributed by atoms with Gasteiger partial charge in [-0.3, -0.25) is 4.79 Å². The Morgan fingerprint density at radius 1 is 1.53 bits per heavy atom. The van der Waals surface area contributed by atoms with Gasteiger partial charge in [0, 0.05) is 27.9 Å². The van der Waals surface area contributed by atoms with Crippen molar-refractivity contribution in [3.05, 3.63) is 34.5 Å². The molecule has 2 aromatic heterocycles. The van der Waals surface area contributed by atoms with E-state index in [0.717, 1.165) is 22.6 Å². The van der Waals surface area contributed by atoms with Crippen molar-refractivity contribution in [1.82, 2.24) is 4.57 Å². The smallest absolute Gasteiger partial charge is 0.251 e. The van der Waals surface area contributed by atoms with E-state index in [2.05, 4.69) is 17.6 Å². The van der Waals surface area contributed by atoms with Crippen LogP contribution in [0, 0.1) is 6.92 Å². The van der Waals surface area contributed by atoms with Gasteiger partial charge in [-0.1, -0.05) is 13.0 Å². The Balaban J connectivity index is 2.31. The van der Waals surface area contributed by atoms with E-state index < -0.39 is 0 Å². The summed E-state index contributed by atoms with van der Waals surface area (Å²) in [6, 6.07) is 4.66. The normalized spacial score (nSPS) is 14.8. The first-order chi connectivity index (χ1) is 9.15. The van der Waals surface area contributed by atoms with Crippen molar-refractivity contribution in [2.24, 2.45) is 5.73 Å². The van der Waals surface area contributed by atoms with Crippen LogP contribution in [0.2, 0.25) is 0 Å². The monoisotopic (exact) mass is 274 g/mol. The van der Waals surface area contributed by atoms with Crippen molar-refractivity contribution in [1.29, 1.82) is 0 Å². The van der Waals surface area contributed by atoms with E-state index in [1.165, 1.54) is 18.5 Å². The molecule has 1 aliphatic rings. The predicted octanol–water partition coefficient (Wildman–Crippen LogP) is 3.52. The highest BCUT2D eigenvalue weighted by Crippen LogP contribution is 2.43. The van der Waals surface area contributed by atoms with Crippen LogP contribution in [0.15, 0.2) is 17.5 Å². The summed E-state index contributed by atoms with van der Waals surface area (Å²) in [4.78, 5) is 13.0. The van der Waals surface area contributed by atoms with Gasteiger partial charge >= 0.3 is 0 Å². The van der Waals surface area contributed by atoms with Crippen molar-refractivity contribution >= 4 is 17.2 Å². The molecule has 0 bridgehead atoms. The highest BCUT2D eigenvalue weighted by molar-refractivity contribution is 7.13. The van der Waals surface area contributed by atoms with Gasteiger partial charge in [0.1, 0.15) is 0 Å². The zero-order valence-corrected chi connectivity index (χ0v) is 12.1. The number of thiophene rings is 1. The molecule has 0 unspecified atom stereocenters. The van der Waals surface area contributed by atoms with Crippen molar-refractivity contribution in [2.75, 3.05) is 0 Å². The molecular weight excluding hydrogens is 256 g/mol. The number of hydrogen-bond donors (Lipinski definition) is 1. The minimum absolute atomic E-state index is 0.310. The number of aromatic nitrogens is 1. The lowest BCUT2D eigenvalue weighted by atomic mass is 10.1. The lowest BCUT2D eigenvalue weighted by Crippen LogP contribution is -2.13. The number of amides is 1. The van der Waals surface area contributed by atoms with Gasteiger partial charge in [0.05, 0.1) is 5.56 Å². The minimum atomic E-state index is -0.310. The third-order valence-electron chi connectivity index (χ3n) is 3.81. The van der Waals surface area contributed by atoms with Gasteiger partial charge in [-0.15, -0.1) is 11.3 Å². The van der Waals surface area contributed by atoms with Crippen molar-refractivity contribution < 1.29 is 4.79 Å². The third-order valence-corrected chi connectivity index (χ3v) is 4.70. The summed E-state index contributed by atoms with van der Waals surface area (Å²) >= 11 is 1.67. The zero-order valence-electron chi connectivity index (χ0n) is 11.3. The van der Waals surface area contributed by atoms with E-state index in [0.29, 0.717) is 11.6 Å². The summed E-state index contributed by atoms with van der Waals surface area (Å²) in [6.07, 6.45) is 3.35. The number of hydrogen-bond acceptors (Lipinski definition) is 2. The maximum atomic E-state index is 11.9. The van der Waals surface area contributed by atoms with Crippen LogP contribution in [0.4, 0.5) is 0 Å². The topological polar surface area (TPSA) is 48.0 Å². The first-order valence-electron chi connectivity index (χ1n) is 6.72. The number of carbonyl (C=O) groups excluding carboxylic acids is 1. The molecule has 4 heteroatoms. The Kier molecular flexibility index (Phi) is 2.97. The van der Waals surface area contributed by atoms with Crippen molar-refractivity contribution in [2.45, 2.75) is 39.2 Å². The van der Waals surface area contributed by atoms with E-state index in [-0.39, 0.29) is 5.91 Å². The average molecular weight is 274 g/mol. The van der Waals surface area contributed by atoms with E-state index in [1.807, 2.05) is 18.4 Å². The molecule has 0 aromatic carbocycles. The van der Waals surface area contributed by atoms with E-state index >= 15 is 0 Å². The standard InChI is InChI=1S/C15H18N2OS/c1-3-11-14(12-5-4-8-19-12)13(15(16)18)9(2)17(11)10-6-7-10/h4-5,8,10H,3,6-7H2,1-2H3,(H2,16,18). The molecular formula is C15H18N2OS. The molecule has 19 heavy (non-hydrogen) atoms. The Labute approximate surface area is 117 Å². The van der Waals surface area contributed by atoms with E-state index in [1.54, 1.807) is 11.3 Å². The van der Waals surface area contributed by atoms with Gasteiger partial charge in [0.2, 0.25) is 0 Å². The van der Waals surface area contributed by atoms with Crippen LogP contribution in [0.1, 0.15) is 47.6 Å². The van der Waals surface area contributed by atoms with Gasteiger partial charge in [-0.2, -0.15) is 0 Å². The van der Waals surface area contributed by atoms with Crippen LogP contribution in [-0.4, -0.2) is 10.5 Å². The Morgan fingerprint density at radius 2 is 2.26 bits per heavy atom. The van der Waals surface area contributed by atoms with E-state index in [4.69, 9.17) is 5.73 Å². The number of nitrogens with two attached hydrogens (primary N) is 1. The second kappa shape index (κ2) is 4.53. The highest BCUT2D eigenvalue weighted by atomic mass is 32.1. The molecule has 1 amide bonds. The molecule has 1 aliphatic carbocycles. The molecule has 100 valence electrons. The Morgan fingerprint density at radius 3 is 2.74 bits per heavy atom. The summed E-state index contributed by atoms with van der Waals surface area (Å²) in [5.74, 6) is -0.310. The summed E-state index contributed by atoms with van der Waals surface area (Å²) in [5, 5.41) is 2.04. The van der Waals surface area contributed by atoms with E-state index in [9.17, 15) is 4.79 Å². The lowest BCUT2D eigenvalue weighted by molar-refractivity contribution is 0.1000. The number of primary amides is 1. The molecule has 0 spiro atoms. The molecule has 2 aromatic rings. The van der Waals surface area contributed by atoms with Gasteiger partial charge in [0.25, 0.3) is 5.91 Å². The quantitative estimate of drug-likeness (QED) is 0.911. The summed E-state index contributed by atoms with van der Waals surface area (Å²) in [5.41, 5.74) is 9.71. The van der Waals surface area contributed by atoms with Gasteiger partial charge < -0.3 is 10.3 Å². The fourth-order valence-electron chi connectivity index (χ4n) is 2.93. The highest BCUT2D eigenvalue weighted by Gasteiger charge is 2.32. The average Bonchev–Trinajstić information content (AvgIpc) is 2.97. The largest absolute Gasteiger partial charge is 0.366 e. The molecule has 0 saturated heterocycles. The molecule has 1 fully saturated rings. The number of nitrogens with zero attached hydrogens (tertiary/aromatic N) is 1. The molecule has 3 nitrogen and oxygen atoms in total. The Hall–Kier alpha value is -1.55. The van der Waals surface area contributed by atoms with Crippen molar-refractivity contribution in [3.63, 3.8) is 0 Å². The lowest BCUT2D eigenvalue weighted by Gasteiger charge is -2.09. The summed E-state index contributed by atoms with van der Waals surface area (Å²) < 4.78 is 2.34. The second-order valence-electron chi connectivity index (χ2n) is 5.08. The van der Waals surface area contributed by atoms with Crippen LogP contribution < -0.4 is 5.73 Å². The fourth-order valence-corrected chi connectivity index (χ4v) is 3.73. The maximum absolute atomic E-state index is 11.9. The first kappa shape index (κ1) is 12.5. The second-order valence-corrected chi connectivity index (χ2v) is 6.03. The third kappa shape index (κ3) is 1.91. The first-order valence-corrected chi connectivity index (χ1v) is 7.60. The molecule has 0 radical (unpaired) electrons.